The lowest BCUT2D eigenvalue weighted by Crippen LogP contribution is -1.96. The van der Waals surface area contributed by atoms with E-state index in [-0.39, 0.29) is 0 Å². The van der Waals surface area contributed by atoms with Crippen LogP contribution in [0.5, 0.6) is 0 Å². The Kier molecular flexibility index (Phi) is 1.57. The van der Waals surface area contributed by atoms with Gasteiger partial charge in [0, 0.05) is 0 Å². The summed E-state index contributed by atoms with van der Waals surface area (Å²) < 4.78 is 0. The molecule has 0 saturated heterocycles. The molecule has 1 aliphatic carbocycles. The van der Waals surface area contributed by atoms with Gasteiger partial charge in [-0.05, 0) is 29.1 Å². The van der Waals surface area contributed by atoms with E-state index in [2.05, 4.69) is 12.2 Å². The van der Waals surface area contributed by atoms with Crippen molar-refractivity contribution in [3.63, 3.8) is 0 Å². The highest BCUT2D eigenvalue weighted by Gasteiger charge is 1.92. The van der Waals surface area contributed by atoms with Gasteiger partial charge in [0.15, 0.2) is 0 Å². The fraction of sp³-hybridized carbons (Fsp3) is 0.500. The topological polar surface area (TPSA) is 0 Å². The van der Waals surface area contributed by atoms with Crippen molar-refractivity contribution in [2.24, 2.45) is 0 Å². The predicted octanol–water partition coefficient (Wildman–Crippen LogP) is 0.532. The Morgan fingerprint density at radius 2 is 2.43 bits per heavy atom. The first-order valence-electron chi connectivity index (χ1n) is 2.74. The summed E-state index contributed by atoms with van der Waals surface area (Å²) in [6, 6.07) is 0. The molecule has 0 atom stereocenters. The van der Waals surface area contributed by atoms with Crippen LogP contribution in [0.1, 0.15) is 19.3 Å². The van der Waals surface area contributed by atoms with Crippen LogP contribution >= 0.6 is 0 Å². The minimum Gasteiger partial charge on any atom is -0.0847 e. The molecule has 0 bridgehead atoms. The molecule has 38 valence electrons. The van der Waals surface area contributed by atoms with Crippen LogP contribution in [0, 0.1) is 0 Å². The predicted molar refractivity (Wildman–Crippen MR) is 36.5 cm³/mol. The minimum atomic E-state index is 1.29. The van der Waals surface area contributed by atoms with Crippen LogP contribution in [-0.4, -0.2) is 15.0 Å². The van der Waals surface area contributed by atoms with Gasteiger partial charge in [0.2, 0.25) is 0 Å². The number of rotatable bonds is 0. The van der Waals surface area contributed by atoms with Gasteiger partial charge in [0.05, 0.1) is 0 Å². The average Bonchev–Trinajstić information content (AvgIpc) is 1.69. The van der Waals surface area contributed by atoms with E-state index in [0.29, 0.717) is 0 Å². The zero-order valence-corrected chi connectivity index (χ0v) is 5.90. The molecule has 0 aromatic heterocycles. The Labute approximate surface area is 47.3 Å². The van der Waals surface area contributed by atoms with Crippen molar-refractivity contribution in [1.29, 1.82) is 0 Å². The Morgan fingerprint density at radius 1 is 1.57 bits per heavy atom. The summed E-state index contributed by atoms with van der Waals surface area (Å²) in [7, 11) is 2.01. The summed E-state index contributed by atoms with van der Waals surface area (Å²) >= 11 is 0. The van der Waals surface area contributed by atoms with E-state index in [9.17, 15) is 0 Å². The Hall–Kier alpha value is -0.173. The Morgan fingerprint density at radius 3 is 2.71 bits per heavy atom. The fourth-order valence-electron chi connectivity index (χ4n) is 0.780. The summed E-state index contributed by atoms with van der Waals surface area (Å²) in [5.74, 6) is 0. The first-order valence-corrected chi connectivity index (χ1v) is 3.44. The first kappa shape index (κ1) is 4.97. The lowest BCUT2D eigenvalue weighted by Gasteiger charge is -2.02. The molecule has 0 aromatic carbocycles. The van der Waals surface area contributed by atoms with Crippen molar-refractivity contribution < 1.29 is 0 Å². The van der Waals surface area contributed by atoms with Gasteiger partial charge in [-0.3, -0.25) is 0 Å². The second kappa shape index (κ2) is 2.22. The third-order valence-electron chi connectivity index (χ3n) is 1.22. The van der Waals surface area contributed by atoms with Crippen LogP contribution in [-0.2, 0) is 0 Å². The van der Waals surface area contributed by atoms with Gasteiger partial charge in [0.25, 0.3) is 0 Å². The summed E-state index contributed by atoms with van der Waals surface area (Å²) in [5, 5.41) is 1.56. The number of allylic oxidation sites excluding steroid dienone is 2. The number of hydrogen-bond donors (Lipinski definition) is 0. The van der Waals surface area contributed by atoms with Crippen LogP contribution < -0.4 is 0 Å². The average molecular weight is 110 g/mol. The van der Waals surface area contributed by atoms with Gasteiger partial charge in [-0.25, -0.2) is 0 Å². The van der Waals surface area contributed by atoms with Gasteiger partial charge in [0.1, 0.15) is 0 Å². The highest BCUT2D eigenvalue weighted by molar-refractivity contribution is 6.41. The van der Waals surface area contributed by atoms with E-state index in [4.69, 9.17) is 0 Å². The Balaban J connectivity index is 2.51. The first-order chi connectivity index (χ1) is 3.39. The largest absolute Gasteiger partial charge is 0.0847 e. The van der Waals surface area contributed by atoms with E-state index in [1.807, 2.05) is 9.85 Å². The lowest BCUT2D eigenvalue weighted by atomic mass is 10.1. The van der Waals surface area contributed by atoms with E-state index in [1.54, 1.807) is 5.17 Å². The highest BCUT2D eigenvalue weighted by atomic mass is 28.1. The molecule has 0 saturated carbocycles. The Bertz CT molecular complexity index is 103. The molecule has 0 radical (unpaired) electrons. The standard InChI is InChI=1S/C6H10Si/c7-6-4-2-1-3-5-6/h2,4H,1,3,5,7H2. The van der Waals surface area contributed by atoms with Crippen molar-refractivity contribution in [3.05, 3.63) is 12.2 Å². The number of hydrogen-bond acceptors (Lipinski definition) is 0. The fourth-order valence-corrected chi connectivity index (χ4v) is 1.20. The summed E-state index contributed by atoms with van der Waals surface area (Å²) in [6.07, 6.45) is 8.49. The van der Waals surface area contributed by atoms with E-state index in [0.717, 1.165) is 0 Å². The zero-order valence-electron chi connectivity index (χ0n) is 4.48. The molecule has 1 heteroatoms. The lowest BCUT2D eigenvalue weighted by molar-refractivity contribution is 0.887. The molecule has 0 unspecified atom stereocenters. The quantitative estimate of drug-likeness (QED) is 0.399. The summed E-state index contributed by atoms with van der Waals surface area (Å²) in [6.45, 7) is 0. The molecule has 1 rings (SSSR count). The van der Waals surface area contributed by atoms with Crippen LogP contribution in [0.15, 0.2) is 12.2 Å². The van der Waals surface area contributed by atoms with Crippen molar-refractivity contribution in [1.82, 2.24) is 0 Å². The molecule has 0 aromatic rings. The third-order valence-corrected chi connectivity index (χ3v) is 1.81. The van der Waals surface area contributed by atoms with Crippen LogP contribution in [0.3, 0.4) is 0 Å². The second-order valence-corrected chi connectivity index (χ2v) is 2.86. The maximum Gasteiger partial charge on any atom is -0.0193 e. The molecule has 0 N–H and O–H groups in total. The normalized spacial score (nSPS) is 20.3. The van der Waals surface area contributed by atoms with E-state index < -0.39 is 0 Å². The van der Waals surface area contributed by atoms with Crippen molar-refractivity contribution in [2.75, 3.05) is 0 Å². The third kappa shape index (κ3) is 1.39. The monoisotopic (exact) mass is 110 g/mol. The van der Waals surface area contributed by atoms with Crippen LogP contribution in [0.25, 0.3) is 0 Å². The van der Waals surface area contributed by atoms with Crippen molar-refractivity contribution >= 4 is 15.0 Å². The molecular weight excluding hydrogens is 100 g/mol. The SMILES string of the molecule is [SiH2]=C1C=CCCC1. The molecule has 0 heterocycles. The molecular formula is C6H10Si. The second-order valence-electron chi connectivity index (χ2n) is 1.95. The van der Waals surface area contributed by atoms with Gasteiger partial charge in [-0.1, -0.05) is 17.3 Å². The molecule has 7 heavy (non-hydrogen) atoms. The zero-order chi connectivity index (χ0) is 5.11. The smallest absolute Gasteiger partial charge is 0.0193 e. The van der Waals surface area contributed by atoms with Gasteiger partial charge in [-0.15, -0.1) is 0 Å². The van der Waals surface area contributed by atoms with E-state index in [1.165, 1.54) is 19.3 Å². The molecule has 0 aliphatic heterocycles. The molecule has 0 spiro atoms. The van der Waals surface area contributed by atoms with Crippen molar-refractivity contribution in [3.8, 4) is 0 Å². The molecule has 0 amide bonds. The maximum atomic E-state index is 2.26. The molecule has 0 fully saturated rings. The molecule has 1 aliphatic rings. The maximum absolute atomic E-state index is 2.26. The van der Waals surface area contributed by atoms with Gasteiger partial charge in [-0.2, -0.15) is 0 Å². The van der Waals surface area contributed by atoms with Gasteiger partial charge < -0.3 is 0 Å². The van der Waals surface area contributed by atoms with Crippen LogP contribution in [0.2, 0.25) is 0 Å². The van der Waals surface area contributed by atoms with Crippen molar-refractivity contribution in [2.45, 2.75) is 19.3 Å². The van der Waals surface area contributed by atoms with Crippen LogP contribution in [0.4, 0.5) is 0 Å². The summed E-state index contributed by atoms with van der Waals surface area (Å²) in [5.41, 5.74) is 0. The molecule has 0 nitrogen and oxygen atoms in total. The summed E-state index contributed by atoms with van der Waals surface area (Å²) in [4.78, 5) is 0. The van der Waals surface area contributed by atoms with E-state index >= 15 is 0 Å². The minimum absolute atomic E-state index is 1.29. The van der Waals surface area contributed by atoms with Gasteiger partial charge >= 0.3 is 0 Å². The highest BCUT2D eigenvalue weighted by Crippen LogP contribution is 2.03.